The average Bonchev–Trinajstić information content (AvgIpc) is 3.30. The minimum absolute atomic E-state index is 1.10. The Kier molecular flexibility index (Phi) is 8.95. The van der Waals surface area contributed by atoms with Crippen LogP contribution in [0.25, 0.3) is 77.2 Å². The molecular formula is C56H39N. The van der Waals surface area contributed by atoms with Crippen LogP contribution in [0, 0.1) is 0 Å². The molecule has 0 radical (unpaired) electrons. The Hall–Kier alpha value is -7.48. The summed E-state index contributed by atoms with van der Waals surface area (Å²) in [6, 6.07) is 85.5. The van der Waals surface area contributed by atoms with Gasteiger partial charge in [-0.25, -0.2) is 0 Å². The van der Waals surface area contributed by atoms with Crippen molar-refractivity contribution in [2.24, 2.45) is 0 Å². The molecule has 0 saturated carbocycles. The number of benzene rings is 10. The van der Waals surface area contributed by atoms with Crippen LogP contribution in [0.1, 0.15) is 0 Å². The first-order valence-electron chi connectivity index (χ1n) is 19.6. The van der Waals surface area contributed by atoms with Crippen molar-refractivity contribution in [2.75, 3.05) is 4.90 Å². The molecule has 0 atom stereocenters. The molecule has 1 nitrogen and oxygen atoms in total. The molecule has 1 heteroatoms. The summed E-state index contributed by atoms with van der Waals surface area (Å²) in [6.45, 7) is 0. The first-order valence-corrected chi connectivity index (χ1v) is 19.6. The van der Waals surface area contributed by atoms with Gasteiger partial charge < -0.3 is 4.90 Å². The molecule has 0 aliphatic rings. The molecule has 0 heterocycles. The maximum atomic E-state index is 2.39. The Morgan fingerprint density at radius 3 is 1.07 bits per heavy atom. The number of fused-ring (bicyclic) bond motifs is 2. The second-order valence-electron chi connectivity index (χ2n) is 14.5. The van der Waals surface area contributed by atoms with Crippen LogP contribution >= 0.6 is 0 Å². The van der Waals surface area contributed by atoms with Crippen LogP contribution in [-0.2, 0) is 0 Å². The summed E-state index contributed by atoms with van der Waals surface area (Å²) >= 11 is 0. The van der Waals surface area contributed by atoms with Crippen molar-refractivity contribution in [3.05, 3.63) is 237 Å². The Morgan fingerprint density at radius 1 is 0.211 bits per heavy atom. The summed E-state index contributed by atoms with van der Waals surface area (Å²) in [5, 5.41) is 4.95. The van der Waals surface area contributed by atoms with E-state index in [0.29, 0.717) is 0 Å². The lowest BCUT2D eigenvalue weighted by Gasteiger charge is -2.26. The van der Waals surface area contributed by atoms with Gasteiger partial charge in [-0.1, -0.05) is 194 Å². The van der Waals surface area contributed by atoms with Crippen LogP contribution in [0.3, 0.4) is 0 Å². The van der Waals surface area contributed by atoms with Crippen molar-refractivity contribution in [1.82, 2.24) is 0 Å². The Balaban J connectivity index is 1.14. The normalized spacial score (nSPS) is 11.2. The largest absolute Gasteiger partial charge is 0.311 e. The maximum absolute atomic E-state index is 2.39. The number of para-hydroxylation sites is 1. The van der Waals surface area contributed by atoms with Gasteiger partial charge in [-0.05, 0) is 120 Å². The van der Waals surface area contributed by atoms with Crippen molar-refractivity contribution in [3.63, 3.8) is 0 Å². The lowest BCUT2D eigenvalue weighted by Crippen LogP contribution is -2.09. The SMILES string of the molecule is c1ccc(-c2ccc(N(c3ccccc3)c3ccc(-c4c5ccccc5c(-c5cc(-c6ccccc6)ccc5-c5ccccc5)c5ccccc45)cc3)cc2)cc1. The molecule has 57 heavy (non-hydrogen) atoms. The van der Waals surface area contributed by atoms with Gasteiger partial charge in [0.2, 0.25) is 0 Å². The lowest BCUT2D eigenvalue weighted by molar-refractivity contribution is 1.28. The Bertz CT molecular complexity index is 2900. The zero-order valence-electron chi connectivity index (χ0n) is 31.5. The van der Waals surface area contributed by atoms with Crippen molar-refractivity contribution < 1.29 is 0 Å². The molecule has 10 rings (SSSR count). The molecule has 0 aliphatic carbocycles. The van der Waals surface area contributed by atoms with E-state index in [4.69, 9.17) is 0 Å². The smallest absolute Gasteiger partial charge is 0.0462 e. The predicted octanol–water partition coefficient (Wildman–Crippen LogP) is 15.8. The average molecular weight is 726 g/mol. The number of hydrogen-bond acceptors (Lipinski definition) is 1. The maximum Gasteiger partial charge on any atom is 0.0462 e. The molecular weight excluding hydrogens is 687 g/mol. The van der Waals surface area contributed by atoms with E-state index in [9.17, 15) is 0 Å². The van der Waals surface area contributed by atoms with E-state index in [0.717, 1.165) is 17.1 Å². The highest BCUT2D eigenvalue weighted by molar-refractivity contribution is 6.22. The fourth-order valence-corrected chi connectivity index (χ4v) is 8.40. The monoisotopic (exact) mass is 725 g/mol. The van der Waals surface area contributed by atoms with E-state index in [2.05, 4.69) is 241 Å². The summed E-state index contributed by atoms with van der Waals surface area (Å²) in [5.74, 6) is 0. The van der Waals surface area contributed by atoms with Gasteiger partial charge in [0.05, 0.1) is 0 Å². The van der Waals surface area contributed by atoms with Crippen molar-refractivity contribution in [2.45, 2.75) is 0 Å². The fraction of sp³-hybridized carbons (Fsp3) is 0. The first kappa shape index (κ1) is 34.0. The van der Waals surface area contributed by atoms with E-state index in [1.165, 1.54) is 77.2 Å². The third-order valence-corrected chi connectivity index (χ3v) is 11.1. The van der Waals surface area contributed by atoms with Crippen LogP contribution < -0.4 is 4.90 Å². The van der Waals surface area contributed by atoms with Gasteiger partial charge in [-0.2, -0.15) is 0 Å². The Morgan fingerprint density at radius 2 is 0.561 bits per heavy atom. The van der Waals surface area contributed by atoms with Gasteiger partial charge in [0.1, 0.15) is 0 Å². The molecule has 0 saturated heterocycles. The molecule has 268 valence electrons. The van der Waals surface area contributed by atoms with Gasteiger partial charge in [0.15, 0.2) is 0 Å². The lowest BCUT2D eigenvalue weighted by atomic mass is 9.83. The van der Waals surface area contributed by atoms with Crippen molar-refractivity contribution in [3.8, 4) is 55.6 Å². The van der Waals surface area contributed by atoms with Gasteiger partial charge >= 0.3 is 0 Å². The molecule has 0 fully saturated rings. The third kappa shape index (κ3) is 6.46. The number of anilines is 3. The number of hydrogen-bond donors (Lipinski definition) is 0. The van der Waals surface area contributed by atoms with Gasteiger partial charge in [0, 0.05) is 17.1 Å². The minimum atomic E-state index is 1.10. The summed E-state index contributed by atoms with van der Waals surface area (Å²) in [5.41, 5.74) is 15.5. The van der Waals surface area contributed by atoms with E-state index < -0.39 is 0 Å². The highest BCUT2D eigenvalue weighted by Gasteiger charge is 2.20. The standard InChI is InChI=1S/C56H39N/c1-5-17-40(18-6-1)42-29-34-47(35-30-42)57(46-23-11-4-12-24-46)48-36-31-44(32-37-48)55-50-25-13-15-27-52(50)56(53-28-16-14-26-51(53)55)54-39-45(41-19-7-2-8-20-41)33-38-49(54)43-21-9-3-10-22-43/h1-39H. The molecule has 10 aromatic carbocycles. The van der Waals surface area contributed by atoms with E-state index >= 15 is 0 Å². The topological polar surface area (TPSA) is 3.24 Å². The van der Waals surface area contributed by atoms with E-state index in [1.807, 2.05) is 0 Å². The number of nitrogens with zero attached hydrogens (tertiary/aromatic N) is 1. The highest BCUT2D eigenvalue weighted by atomic mass is 15.1. The van der Waals surface area contributed by atoms with Crippen LogP contribution in [-0.4, -0.2) is 0 Å². The summed E-state index contributed by atoms with van der Waals surface area (Å²) in [6.07, 6.45) is 0. The van der Waals surface area contributed by atoms with Crippen LogP contribution in [0.15, 0.2) is 237 Å². The van der Waals surface area contributed by atoms with Crippen LogP contribution in [0.2, 0.25) is 0 Å². The van der Waals surface area contributed by atoms with Crippen molar-refractivity contribution >= 4 is 38.6 Å². The van der Waals surface area contributed by atoms with Gasteiger partial charge in [-0.3, -0.25) is 0 Å². The van der Waals surface area contributed by atoms with Crippen LogP contribution in [0.5, 0.6) is 0 Å². The van der Waals surface area contributed by atoms with E-state index in [1.54, 1.807) is 0 Å². The third-order valence-electron chi connectivity index (χ3n) is 11.1. The van der Waals surface area contributed by atoms with Crippen LogP contribution in [0.4, 0.5) is 17.1 Å². The molecule has 10 aromatic rings. The second kappa shape index (κ2) is 15.0. The number of rotatable bonds is 8. The highest BCUT2D eigenvalue weighted by Crippen LogP contribution is 2.47. The quantitative estimate of drug-likeness (QED) is 0.141. The fourth-order valence-electron chi connectivity index (χ4n) is 8.40. The Labute approximate surface area is 334 Å². The van der Waals surface area contributed by atoms with Crippen molar-refractivity contribution in [1.29, 1.82) is 0 Å². The van der Waals surface area contributed by atoms with E-state index in [-0.39, 0.29) is 0 Å². The summed E-state index contributed by atoms with van der Waals surface area (Å²) < 4.78 is 0. The minimum Gasteiger partial charge on any atom is -0.311 e. The summed E-state index contributed by atoms with van der Waals surface area (Å²) in [4.78, 5) is 2.34. The predicted molar refractivity (Wildman–Crippen MR) is 243 cm³/mol. The second-order valence-corrected chi connectivity index (χ2v) is 14.5. The zero-order valence-corrected chi connectivity index (χ0v) is 31.5. The molecule has 0 aliphatic heterocycles. The summed E-state index contributed by atoms with van der Waals surface area (Å²) in [7, 11) is 0. The molecule has 0 unspecified atom stereocenters. The first-order chi connectivity index (χ1) is 28.3. The molecule has 0 bridgehead atoms. The molecule has 0 aromatic heterocycles. The molecule has 0 spiro atoms. The van der Waals surface area contributed by atoms with Gasteiger partial charge in [-0.15, -0.1) is 0 Å². The molecule has 0 amide bonds. The molecule has 0 N–H and O–H groups in total. The van der Waals surface area contributed by atoms with Gasteiger partial charge in [0.25, 0.3) is 0 Å². The zero-order chi connectivity index (χ0) is 38.0.